The summed E-state index contributed by atoms with van der Waals surface area (Å²) >= 11 is 0. The zero-order valence-electron chi connectivity index (χ0n) is 11.8. The number of piperidine rings is 1. The molecule has 0 spiro atoms. The molecule has 1 fully saturated rings. The van der Waals surface area contributed by atoms with Crippen molar-refractivity contribution in [2.75, 3.05) is 37.6 Å². The average Bonchev–Trinajstić information content (AvgIpc) is 2.37. The van der Waals surface area contributed by atoms with E-state index in [-0.39, 0.29) is 18.4 Å². The van der Waals surface area contributed by atoms with Crippen molar-refractivity contribution in [1.29, 1.82) is 0 Å². The maximum atomic E-state index is 10.5. The summed E-state index contributed by atoms with van der Waals surface area (Å²) in [6, 6.07) is 0. The van der Waals surface area contributed by atoms with Crippen molar-refractivity contribution in [1.82, 2.24) is 25.2 Å². The largest absolute Gasteiger partial charge is 0.480 e. The van der Waals surface area contributed by atoms with Gasteiger partial charge in [0.15, 0.2) is 0 Å². The second-order valence-corrected chi connectivity index (χ2v) is 5.24. The van der Waals surface area contributed by atoms with Crippen molar-refractivity contribution in [2.24, 2.45) is 5.92 Å². The molecule has 9 nitrogen and oxygen atoms in total. The van der Waals surface area contributed by atoms with E-state index in [9.17, 15) is 4.79 Å². The van der Waals surface area contributed by atoms with Crippen LogP contribution in [-0.2, 0) is 11.3 Å². The number of carbonyl (C=O) groups is 1. The SMILES string of the molecule is Nc1nc(N)nc(CN2CCCC(CNCC(=O)O)C2)n1. The number of anilines is 2. The molecule has 0 radical (unpaired) electrons. The third kappa shape index (κ3) is 5.12. The van der Waals surface area contributed by atoms with Crippen LogP contribution in [0.15, 0.2) is 0 Å². The van der Waals surface area contributed by atoms with Crippen LogP contribution in [0.4, 0.5) is 11.9 Å². The molecule has 1 aliphatic heterocycles. The lowest BCUT2D eigenvalue weighted by Gasteiger charge is -2.32. The Morgan fingerprint density at radius 1 is 1.33 bits per heavy atom. The smallest absolute Gasteiger partial charge is 0.317 e. The number of rotatable bonds is 6. The van der Waals surface area contributed by atoms with E-state index < -0.39 is 5.97 Å². The van der Waals surface area contributed by atoms with Gasteiger partial charge in [-0.05, 0) is 31.8 Å². The predicted molar refractivity (Wildman–Crippen MR) is 77.2 cm³/mol. The van der Waals surface area contributed by atoms with E-state index >= 15 is 0 Å². The highest BCUT2D eigenvalue weighted by atomic mass is 16.4. The molecule has 21 heavy (non-hydrogen) atoms. The van der Waals surface area contributed by atoms with Crippen LogP contribution in [0.25, 0.3) is 0 Å². The summed E-state index contributed by atoms with van der Waals surface area (Å²) < 4.78 is 0. The van der Waals surface area contributed by atoms with E-state index in [0.717, 1.165) is 25.9 Å². The van der Waals surface area contributed by atoms with E-state index in [1.165, 1.54) is 0 Å². The molecule has 1 aliphatic rings. The first-order valence-electron chi connectivity index (χ1n) is 6.93. The fraction of sp³-hybridized carbons (Fsp3) is 0.667. The first-order valence-corrected chi connectivity index (χ1v) is 6.93. The number of nitrogens with two attached hydrogens (primary N) is 2. The number of carboxylic acid groups (broad SMARTS) is 1. The number of hydrogen-bond donors (Lipinski definition) is 4. The molecule has 2 heterocycles. The number of nitrogens with one attached hydrogen (secondary N) is 1. The molecule has 0 aromatic carbocycles. The molecule has 1 saturated heterocycles. The van der Waals surface area contributed by atoms with Gasteiger partial charge in [-0.3, -0.25) is 9.69 Å². The first kappa shape index (κ1) is 15.4. The number of hydrogen-bond acceptors (Lipinski definition) is 8. The van der Waals surface area contributed by atoms with Crippen molar-refractivity contribution >= 4 is 17.9 Å². The Kier molecular flexibility index (Phi) is 5.23. The Balaban J connectivity index is 1.84. The molecule has 0 bridgehead atoms. The summed E-state index contributed by atoms with van der Waals surface area (Å²) in [4.78, 5) is 24.6. The maximum absolute atomic E-state index is 10.5. The summed E-state index contributed by atoms with van der Waals surface area (Å²) in [5.74, 6) is 0.427. The minimum atomic E-state index is -0.834. The van der Waals surface area contributed by atoms with Gasteiger partial charge in [-0.1, -0.05) is 0 Å². The fourth-order valence-electron chi connectivity index (χ4n) is 2.57. The quantitative estimate of drug-likeness (QED) is 0.515. The first-order chi connectivity index (χ1) is 10.0. The molecule has 2 rings (SSSR count). The van der Waals surface area contributed by atoms with Gasteiger partial charge in [0.2, 0.25) is 11.9 Å². The Hall–Kier alpha value is -2.00. The Morgan fingerprint density at radius 2 is 2.05 bits per heavy atom. The molecule has 1 aromatic heterocycles. The lowest BCUT2D eigenvalue weighted by molar-refractivity contribution is -0.136. The minimum absolute atomic E-state index is 0.00294. The molecule has 1 unspecified atom stereocenters. The highest BCUT2D eigenvalue weighted by Crippen LogP contribution is 2.17. The van der Waals surface area contributed by atoms with Gasteiger partial charge in [0, 0.05) is 6.54 Å². The molecular formula is C12H21N7O2. The van der Waals surface area contributed by atoms with Gasteiger partial charge < -0.3 is 21.9 Å². The van der Waals surface area contributed by atoms with Gasteiger partial charge in [0.1, 0.15) is 5.82 Å². The second-order valence-electron chi connectivity index (χ2n) is 5.24. The molecule has 116 valence electrons. The van der Waals surface area contributed by atoms with Crippen molar-refractivity contribution < 1.29 is 9.90 Å². The molecule has 6 N–H and O–H groups in total. The summed E-state index contributed by atoms with van der Waals surface area (Å²) in [5, 5.41) is 11.6. The third-order valence-electron chi connectivity index (χ3n) is 3.39. The normalized spacial score (nSPS) is 19.5. The topological polar surface area (TPSA) is 143 Å². The zero-order chi connectivity index (χ0) is 15.2. The summed E-state index contributed by atoms with van der Waals surface area (Å²) in [6.07, 6.45) is 2.15. The number of aromatic nitrogens is 3. The highest BCUT2D eigenvalue weighted by molar-refractivity contribution is 5.68. The fourth-order valence-corrected chi connectivity index (χ4v) is 2.57. The van der Waals surface area contributed by atoms with Crippen LogP contribution in [0.3, 0.4) is 0 Å². The van der Waals surface area contributed by atoms with Crippen LogP contribution >= 0.6 is 0 Å². The van der Waals surface area contributed by atoms with Crippen molar-refractivity contribution in [3.8, 4) is 0 Å². The Labute approximate surface area is 122 Å². The molecule has 0 aliphatic carbocycles. The van der Waals surface area contributed by atoms with Crippen LogP contribution in [0.2, 0.25) is 0 Å². The maximum Gasteiger partial charge on any atom is 0.317 e. The van der Waals surface area contributed by atoms with Crippen LogP contribution in [0.1, 0.15) is 18.7 Å². The zero-order valence-corrected chi connectivity index (χ0v) is 11.8. The van der Waals surface area contributed by atoms with Gasteiger partial charge >= 0.3 is 5.97 Å². The van der Waals surface area contributed by atoms with Crippen LogP contribution in [-0.4, -0.2) is 57.1 Å². The van der Waals surface area contributed by atoms with Crippen molar-refractivity contribution in [3.05, 3.63) is 5.82 Å². The van der Waals surface area contributed by atoms with E-state index in [1.807, 2.05) is 0 Å². The molecule has 1 atom stereocenters. The van der Waals surface area contributed by atoms with Gasteiger partial charge in [-0.15, -0.1) is 0 Å². The van der Waals surface area contributed by atoms with E-state index in [0.29, 0.717) is 24.8 Å². The van der Waals surface area contributed by atoms with Crippen LogP contribution in [0, 0.1) is 5.92 Å². The molecule has 9 heteroatoms. The highest BCUT2D eigenvalue weighted by Gasteiger charge is 2.21. The molecular weight excluding hydrogens is 274 g/mol. The van der Waals surface area contributed by atoms with Crippen molar-refractivity contribution in [2.45, 2.75) is 19.4 Å². The lowest BCUT2D eigenvalue weighted by Crippen LogP contribution is -2.40. The monoisotopic (exact) mass is 295 g/mol. The number of nitrogens with zero attached hydrogens (tertiary/aromatic N) is 4. The number of carboxylic acids is 1. The minimum Gasteiger partial charge on any atom is -0.480 e. The second kappa shape index (κ2) is 7.14. The van der Waals surface area contributed by atoms with Crippen molar-refractivity contribution in [3.63, 3.8) is 0 Å². The van der Waals surface area contributed by atoms with E-state index in [1.54, 1.807) is 0 Å². The third-order valence-corrected chi connectivity index (χ3v) is 3.39. The summed E-state index contributed by atoms with van der Waals surface area (Å²) in [5.41, 5.74) is 11.1. The summed E-state index contributed by atoms with van der Waals surface area (Å²) in [7, 11) is 0. The average molecular weight is 295 g/mol. The van der Waals surface area contributed by atoms with E-state index in [4.69, 9.17) is 16.6 Å². The standard InChI is InChI=1S/C12H21N7O2/c13-11-16-9(17-12(14)18-11)7-19-3-1-2-8(6-19)4-15-5-10(20)21/h8,15H,1-7H2,(H,20,21)(H4,13,14,16,17,18). The van der Waals surface area contributed by atoms with Gasteiger partial charge in [0.05, 0.1) is 13.1 Å². The van der Waals surface area contributed by atoms with Gasteiger partial charge in [0.25, 0.3) is 0 Å². The summed E-state index contributed by atoms with van der Waals surface area (Å²) in [6.45, 7) is 3.10. The lowest BCUT2D eigenvalue weighted by atomic mass is 9.98. The number of aliphatic carboxylic acids is 1. The number of nitrogen functional groups attached to an aromatic ring is 2. The molecule has 0 amide bonds. The van der Waals surface area contributed by atoms with E-state index in [2.05, 4.69) is 25.2 Å². The van der Waals surface area contributed by atoms with Gasteiger partial charge in [-0.2, -0.15) is 15.0 Å². The predicted octanol–water partition coefficient (Wildman–Crippen LogP) is -1.08. The molecule has 0 saturated carbocycles. The van der Waals surface area contributed by atoms with Crippen LogP contribution < -0.4 is 16.8 Å². The number of likely N-dealkylation sites (tertiary alicyclic amines) is 1. The Bertz CT molecular complexity index is 476. The molecule has 1 aromatic rings. The van der Waals surface area contributed by atoms with Crippen LogP contribution in [0.5, 0.6) is 0 Å². The Morgan fingerprint density at radius 3 is 2.71 bits per heavy atom. The van der Waals surface area contributed by atoms with Gasteiger partial charge in [-0.25, -0.2) is 0 Å².